The number of benzene rings is 1. The number of oxime groups is 1. The summed E-state index contributed by atoms with van der Waals surface area (Å²) in [6.45, 7) is 5.43. The van der Waals surface area contributed by atoms with Crippen LogP contribution in [0.3, 0.4) is 0 Å². The Kier molecular flexibility index (Phi) is 4.62. The molecule has 2 atom stereocenters. The number of nitrogens with zero attached hydrogens (tertiary/aromatic N) is 2. The van der Waals surface area contributed by atoms with E-state index in [9.17, 15) is 0 Å². The van der Waals surface area contributed by atoms with Gasteiger partial charge in [0.25, 0.3) is 0 Å². The molecule has 1 fully saturated rings. The van der Waals surface area contributed by atoms with Crippen LogP contribution in [-0.4, -0.2) is 34.6 Å². The quantitative estimate of drug-likeness (QED) is 0.375. The summed E-state index contributed by atoms with van der Waals surface area (Å²) in [5, 5.41) is 12.7. The van der Waals surface area contributed by atoms with E-state index < -0.39 is 0 Å². The summed E-state index contributed by atoms with van der Waals surface area (Å²) in [7, 11) is 0. The van der Waals surface area contributed by atoms with Crippen LogP contribution in [0.25, 0.3) is 0 Å². The van der Waals surface area contributed by atoms with E-state index in [4.69, 9.17) is 10.9 Å². The number of halogens is 1. The van der Waals surface area contributed by atoms with Gasteiger partial charge in [0.15, 0.2) is 5.84 Å². The van der Waals surface area contributed by atoms with Gasteiger partial charge in [-0.1, -0.05) is 28.0 Å². The monoisotopic (exact) mass is 343 g/mol. The molecule has 4 nitrogen and oxygen atoms in total. The summed E-state index contributed by atoms with van der Waals surface area (Å²) in [5.41, 5.74) is 7.59. The van der Waals surface area contributed by atoms with Crippen molar-refractivity contribution in [3.63, 3.8) is 0 Å². The fraction of sp³-hybridized carbons (Fsp3) is 0.462. The first-order valence-electron chi connectivity index (χ1n) is 6.20. The number of amidine groups is 1. The Morgan fingerprint density at radius 2 is 2.26 bits per heavy atom. The molecule has 0 saturated carbocycles. The molecule has 6 heteroatoms. The van der Waals surface area contributed by atoms with Gasteiger partial charge < -0.3 is 15.8 Å². The predicted octanol–water partition coefficient (Wildman–Crippen LogP) is 2.87. The second-order valence-corrected chi connectivity index (χ2v) is 7.06. The zero-order valence-corrected chi connectivity index (χ0v) is 13.4. The molecule has 2 rings (SSSR count). The van der Waals surface area contributed by atoms with Crippen LogP contribution < -0.4 is 10.6 Å². The van der Waals surface area contributed by atoms with Crippen LogP contribution >= 0.6 is 27.7 Å². The number of nitrogens with two attached hydrogens (primary N) is 1. The van der Waals surface area contributed by atoms with Gasteiger partial charge in [-0.05, 0) is 25.1 Å². The number of anilines is 1. The number of rotatable bonds is 2. The summed E-state index contributed by atoms with van der Waals surface area (Å²) >= 11 is 5.42. The van der Waals surface area contributed by atoms with Crippen LogP contribution in [0, 0.1) is 0 Å². The molecular formula is C13H18BrN3OS. The van der Waals surface area contributed by atoms with Crippen molar-refractivity contribution in [1.29, 1.82) is 0 Å². The van der Waals surface area contributed by atoms with E-state index in [0.717, 1.165) is 28.0 Å². The summed E-state index contributed by atoms with van der Waals surface area (Å²) < 4.78 is 0.921. The molecule has 2 unspecified atom stereocenters. The molecule has 1 saturated heterocycles. The largest absolute Gasteiger partial charge is 0.409 e. The zero-order chi connectivity index (χ0) is 14.0. The Morgan fingerprint density at radius 3 is 2.95 bits per heavy atom. The molecule has 0 aliphatic carbocycles. The maximum Gasteiger partial charge on any atom is 0.172 e. The van der Waals surface area contributed by atoms with Crippen molar-refractivity contribution in [2.24, 2.45) is 10.9 Å². The van der Waals surface area contributed by atoms with E-state index >= 15 is 0 Å². The summed E-state index contributed by atoms with van der Waals surface area (Å²) in [6.07, 6.45) is 0. The van der Waals surface area contributed by atoms with E-state index in [1.807, 2.05) is 30.0 Å². The number of hydrogen-bond donors (Lipinski definition) is 2. The minimum Gasteiger partial charge on any atom is -0.409 e. The zero-order valence-electron chi connectivity index (χ0n) is 11.0. The normalized spacial score (nSPS) is 24.6. The van der Waals surface area contributed by atoms with Crippen LogP contribution in [0.1, 0.15) is 19.4 Å². The van der Waals surface area contributed by atoms with Gasteiger partial charge >= 0.3 is 0 Å². The fourth-order valence-electron chi connectivity index (χ4n) is 2.29. The Morgan fingerprint density at radius 1 is 1.53 bits per heavy atom. The average Bonchev–Trinajstić information content (AvgIpc) is 2.41. The molecule has 1 aromatic carbocycles. The van der Waals surface area contributed by atoms with Crippen molar-refractivity contribution in [2.75, 3.05) is 17.2 Å². The van der Waals surface area contributed by atoms with Crippen LogP contribution in [-0.2, 0) is 0 Å². The van der Waals surface area contributed by atoms with Gasteiger partial charge in [-0.15, -0.1) is 0 Å². The summed E-state index contributed by atoms with van der Waals surface area (Å²) in [4.78, 5) is 2.33. The first kappa shape index (κ1) is 14.5. The van der Waals surface area contributed by atoms with Crippen molar-refractivity contribution >= 4 is 39.2 Å². The predicted molar refractivity (Wildman–Crippen MR) is 85.4 cm³/mol. The molecule has 0 bridgehead atoms. The van der Waals surface area contributed by atoms with Gasteiger partial charge in [0.1, 0.15) is 0 Å². The molecule has 104 valence electrons. The lowest BCUT2D eigenvalue weighted by atomic mass is 10.1. The third kappa shape index (κ3) is 3.00. The van der Waals surface area contributed by atoms with Gasteiger partial charge in [-0.3, -0.25) is 0 Å². The Hall–Kier alpha value is -0.880. The smallest absolute Gasteiger partial charge is 0.172 e. The topological polar surface area (TPSA) is 61.8 Å². The number of thioether (sulfide) groups is 1. The molecule has 0 spiro atoms. The highest BCUT2D eigenvalue weighted by molar-refractivity contribution is 9.10. The third-order valence-corrected chi connectivity index (χ3v) is 5.37. The highest BCUT2D eigenvalue weighted by Gasteiger charge is 2.27. The van der Waals surface area contributed by atoms with Crippen molar-refractivity contribution in [2.45, 2.75) is 25.1 Å². The van der Waals surface area contributed by atoms with E-state index in [2.05, 4.69) is 39.8 Å². The molecule has 19 heavy (non-hydrogen) atoms. The van der Waals surface area contributed by atoms with Crippen LogP contribution in [0.2, 0.25) is 0 Å². The minimum atomic E-state index is 0.148. The van der Waals surface area contributed by atoms with Gasteiger partial charge in [0, 0.05) is 39.3 Å². The molecule has 0 radical (unpaired) electrons. The van der Waals surface area contributed by atoms with Crippen molar-refractivity contribution in [1.82, 2.24) is 0 Å². The molecular weight excluding hydrogens is 326 g/mol. The van der Waals surface area contributed by atoms with Crippen molar-refractivity contribution < 1.29 is 5.21 Å². The van der Waals surface area contributed by atoms with Crippen LogP contribution in [0.5, 0.6) is 0 Å². The van der Waals surface area contributed by atoms with Crippen LogP contribution in [0.15, 0.2) is 27.8 Å². The van der Waals surface area contributed by atoms with E-state index in [0.29, 0.717) is 11.3 Å². The number of hydrogen-bond acceptors (Lipinski definition) is 4. The molecule has 0 amide bonds. The lowest BCUT2D eigenvalue weighted by Crippen LogP contribution is -2.45. The van der Waals surface area contributed by atoms with Gasteiger partial charge in [0.05, 0.1) is 0 Å². The van der Waals surface area contributed by atoms with E-state index in [1.54, 1.807) is 0 Å². The highest BCUT2D eigenvalue weighted by atomic mass is 79.9. The molecule has 1 aromatic rings. The Labute approximate surface area is 126 Å². The summed E-state index contributed by atoms with van der Waals surface area (Å²) in [5.74, 6) is 1.24. The SMILES string of the molecule is CC1SCCN(c2ccc(Br)cc2/C(N)=N/O)C1C. The first-order valence-corrected chi connectivity index (χ1v) is 8.04. The maximum atomic E-state index is 8.94. The first-order chi connectivity index (χ1) is 9.04. The second-order valence-electron chi connectivity index (χ2n) is 4.66. The average molecular weight is 344 g/mol. The molecule has 1 aliphatic rings. The third-order valence-electron chi connectivity index (χ3n) is 3.54. The van der Waals surface area contributed by atoms with Gasteiger partial charge in [-0.25, -0.2) is 0 Å². The molecule has 1 heterocycles. The van der Waals surface area contributed by atoms with E-state index in [1.165, 1.54) is 0 Å². The molecule has 3 N–H and O–H groups in total. The molecule has 0 aromatic heterocycles. The lowest BCUT2D eigenvalue weighted by Gasteiger charge is -2.40. The van der Waals surface area contributed by atoms with Gasteiger partial charge in [-0.2, -0.15) is 11.8 Å². The maximum absolute atomic E-state index is 8.94. The Balaban J connectivity index is 2.44. The Bertz CT molecular complexity index is 495. The summed E-state index contributed by atoms with van der Waals surface area (Å²) in [6, 6.07) is 6.33. The van der Waals surface area contributed by atoms with Gasteiger partial charge in [0.2, 0.25) is 0 Å². The highest BCUT2D eigenvalue weighted by Crippen LogP contribution is 2.32. The second kappa shape index (κ2) is 6.05. The standard InChI is InChI=1S/C13H18BrN3OS/c1-8-9(2)19-6-5-17(8)12-4-3-10(14)7-11(12)13(15)16-18/h3-4,7-9,18H,5-6H2,1-2H3,(H2,15,16). The minimum absolute atomic E-state index is 0.148. The van der Waals surface area contributed by atoms with E-state index in [-0.39, 0.29) is 5.84 Å². The lowest BCUT2D eigenvalue weighted by molar-refractivity contribution is 0.318. The van der Waals surface area contributed by atoms with Crippen LogP contribution in [0.4, 0.5) is 5.69 Å². The van der Waals surface area contributed by atoms with Crippen molar-refractivity contribution in [3.05, 3.63) is 28.2 Å². The van der Waals surface area contributed by atoms with Crippen molar-refractivity contribution in [3.8, 4) is 0 Å². The molecule has 1 aliphatic heterocycles. The fourth-order valence-corrected chi connectivity index (χ4v) is 3.75.